The molecule has 88 heavy (non-hydrogen) atoms. The van der Waals surface area contributed by atoms with Gasteiger partial charge in [-0.15, -0.1) is 0 Å². The highest BCUT2D eigenvalue weighted by Crippen LogP contribution is 2.50. The number of amides is 3. The lowest BCUT2D eigenvalue weighted by Gasteiger charge is -2.46. The highest BCUT2D eigenvalue weighted by molar-refractivity contribution is 6.32. The van der Waals surface area contributed by atoms with Crippen LogP contribution in [0.15, 0.2) is 64.6 Å². The van der Waals surface area contributed by atoms with Crippen molar-refractivity contribution in [2.75, 3.05) is 78.1 Å². The molecule has 25 heteroatoms. The van der Waals surface area contributed by atoms with Crippen molar-refractivity contribution in [2.45, 2.75) is 111 Å². The third kappa shape index (κ3) is 11.1. The van der Waals surface area contributed by atoms with E-state index < -0.39 is 141 Å². The predicted octanol–water partition coefficient (Wildman–Crippen LogP) is 5.03. The second-order valence-electron chi connectivity index (χ2n) is 24.3. The molecule has 24 nitrogen and oxygen atoms in total. The summed E-state index contributed by atoms with van der Waals surface area (Å²) in [5.74, 6) is -12.6. The van der Waals surface area contributed by atoms with Gasteiger partial charge in [0.2, 0.25) is 22.9 Å². The van der Waals surface area contributed by atoms with Crippen LogP contribution in [0.3, 0.4) is 0 Å². The van der Waals surface area contributed by atoms with Crippen LogP contribution in [0.4, 0.5) is 14.9 Å². The zero-order chi connectivity index (χ0) is 63.7. The van der Waals surface area contributed by atoms with Crippen molar-refractivity contribution in [2.24, 2.45) is 29.6 Å². The summed E-state index contributed by atoms with van der Waals surface area (Å²) >= 11 is 0. The minimum Gasteiger partial charge on any atom is -0.507 e. The number of hydrogen-bond donors (Lipinski definition) is 5. The number of anilines is 1. The van der Waals surface area contributed by atoms with Crippen LogP contribution in [0.5, 0.6) is 17.2 Å². The smallest absolute Gasteiger partial charge is 0.410 e. The Labute approximate surface area is 506 Å². The number of nitrogens with zero attached hydrogens (tertiary/aromatic N) is 5. The normalized spacial score (nSPS) is 28.3. The number of nitrogens with one attached hydrogen (secondary N) is 1. The molecule has 472 valence electrons. The van der Waals surface area contributed by atoms with Gasteiger partial charge in [-0.1, -0.05) is 45.9 Å². The molecular formula is C63H75FN6O18. The van der Waals surface area contributed by atoms with Crippen molar-refractivity contribution in [1.29, 1.82) is 0 Å². The summed E-state index contributed by atoms with van der Waals surface area (Å²) in [6.45, 7) is 13.8. The molecule has 3 amide bonds. The van der Waals surface area contributed by atoms with Crippen molar-refractivity contribution in [1.82, 2.24) is 24.6 Å². The molecule has 3 saturated heterocycles. The van der Waals surface area contributed by atoms with Gasteiger partial charge in [-0.05, 0) is 45.8 Å². The highest BCUT2D eigenvalue weighted by Gasteiger charge is 2.54. The number of likely N-dealkylation sites (tertiary alicyclic amines) is 1. The molecule has 1 saturated carbocycles. The van der Waals surface area contributed by atoms with E-state index in [-0.39, 0.29) is 121 Å². The number of aromatic nitrogens is 1. The third-order valence-electron chi connectivity index (χ3n) is 18.5. The lowest BCUT2D eigenvalue weighted by Crippen LogP contribution is -2.62. The van der Waals surface area contributed by atoms with Crippen LogP contribution in [-0.2, 0) is 28.5 Å². The number of carboxylic acids is 1. The summed E-state index contributed by atoms with van der Waals surface area (Å²) in [5.41, 5.74) is -2.75. The fourth-order valence-corrected chi connectivity index (χ4v) is 13.0. The van der Waals surface area contributed by atoms with E-state index in [1.807, 2.05) is 6.92 Å². The van der Waals surface area contributed by atoms with Crippen LogP contribution in [0.1, 0.15) is 114 Å². The fraction of sp³-hybridized carbons (Fsp3) is 0.524. The van der Waals surface area contributed by atoms with Crippen LogP contribution < -0.4 is 25.1 Å². The minimum absolute atomic E-state index is 0.0238. The van der Waals surface area contributed by atoms with Crippen molar-refractivity contribution >= 4 is 57.8 Å². The van der Waals surface area contributed by atoms with Crippen molar-refractivity contribution in [3.63, 3.8) is 0 Å². The summed E-state index contributed by atoms with van der Waals surface area (Å²) < 4.78 is 53.8. The van der Waals surface area contributed by atoms with E-state index in [1.165, 1.54) is 64.3 Å². The molecule has 1 unspecified atom stereocenters. The van der Waals surface area contributed by atoms with E-state index in [9.17, 15) is 58.8 Å². The van der Waals surface area contributed by atoms with Gasteiger partial charge in [0.15, 0.2) is 11.6 Å². The minimum atomic E-state index is -2.19. The van der Waals surface area contributed by atoms with Crippen LogP contribution >= 0.6 is 0 Å². The molecule has 8 aliphatic rings. The zero-order valence-corrected chi connectivity index (χ0v) is 50.8. The zero-order valence-electron chi connectivity index (χ0n) is 50.8. The number of methoxy groups -OCH3 is 2. The molecule has 2 aromatic carbocycles. The van der Waals surface area contributed by atoms with Crippen LogP contribution in [0, 0.1) is 42.3 Å². The number of pyridine rings is 1. The average molecular weight is 1220 g/mol. The summed E-state index contributed by atoms with van der Waals surface area (Å²) in [4.78, 5) is 119. The van der Waals surface area contributed by atoms with E-state index in [4.69, 9.17) is 28.4 Å². The number of phenols is 1. The second-order valence-corrected chi connectivity index (χ2v) is 24.3. The number of Topliss-reactive ketones (excluding diaryl/α,β-unsaturated/α-hetero) is 3. The van der Waals surface area contributed by atoms with Gasteiger partial charge in [0, 0.05) is 113 Å². The Hall–Kier alpha value is -8.13. The number of carbonyl (C=O) groups is 7. The number of aliphatic hydroxyl groups excluding tert-OH is 2. The number of benzene rings is 2. The predicted molar refractivity (Wildman–Crippen MR) is 314 cm³/mol. The number of aromatic carboxylic acids is 1. The van der Waals surface area contributed by atoms with Gasteiger partial charge in [0.1, 0.15) is 40.2 Å². The number of allylic oxidation sites excluding steroid dienone is 4. The van der Waals surface area contributed by atoms with Gasteiger partial charge >= 0.3 is 17.8 Å². The molecule has 5 N–H and O–H groups in total. The molecule has 7 heterocycles. The molecule has 0 radical (unpaired) electrons. The molecule has 11 rings (SSSR count). The monoisotopic (exact) mass is 1220 g/mol. The molecule has 0 spiro atoms. The van der Waals surface area contributed by atoms with E-state index in [2.05, 4.69) is 5.32 Å². The Morgan fingerprint density at radius 3 is 2.17 bits per heavy atom. The van der Waals surface area contributed by atoms with Crippen molar-refractivity contribution in [3.05, 3.63) is 104 Å². The van der Waals surface area contributed by atoms with Crippen molar-refractivity contribution < 1.29 is 86.8 Å². The first-order chi connectivity index (χ1) is 41.7. The number of ketones is 3. The summed E-state index contributed by atoms with van der Waals surface area (Å²) in [7, 11) is 2.74. The lowest BCUT2D eigenvalue weighted by molar-refractivity contribution is -0.143. The van der Waals surface area contributed by atoms with Gasteiger partial charge in [-0.2, -0.15) is 0 Å². The highest BCUT2D eigenvalue weighted by atomic mass is 19.1. The number of carbonyl (C=O) groups excluding carboxylic acids is 6. The van der Waals surface area contributed by atoms with Gasteiger partial charge in [-0.25, -0.2) is 14.0 Å². The number of aromatic hydroxyl groups is 1. The quantitative estimate of drug-likeness (QED) is 0.198. The maximum atomic E-state index is 16.3. The number of aliphatic hydroxyl groups is 2. The molecule has 4 fully saturated rings. The Bertz CT molecular complexity index is 3600. The number of phenolic OH excluding ortho intramolecular Hbond substituents is 1. The number of carboxylic acid groups (broad SMARTS) is 1. The van der Waals surface area contributed by atoms with Gasteiger partial charge in [-0.3, -0.25) is 28.8 Å². The first-order valence-electron chi connectivity index (χ1n) is 29.6. The number of halogens is 1. The van der Waals surface area contributed by atoms with Crippen LogP contribution in [-0.4, -0.2) is 190 Å². The maximum Gasteiger partial charge on any atom is 0.410 e. The number of fused-ring (bicyclic) bond motifs is 15. The lowest BCUT2D eigenvalue weighted by atomic mass is 9.78. The number of rotatable bonds is 8. The third-order valence-corrected chi connectivity index (χ3v) is 18.5. The van der Waals surface area contributed by atoms with Crippen LogP contribution in [0.25, 0.3) is 10.9 Å². The Morgan fingerprint density at radius 1 is 0.841 bits per heavy atom. The maximum absolute atomic E-state index is 16.3. The molecular weight excluding hydrogens is 1150 g/mol. The topological polar surface area (TPSA) is 303 Å². The molecule has 6 aliphatic heterocycles. The molecule has 2 aliphatic carbocycles. The average Bonchev–Trinajstić information content (AvgIpc) is 1.35. The number of ether oxygens (including phenoxy) is 6. The van der Waals surface area contributed by atoms with Gasteiger partial charge in [0.25, 0.3) is 11.7 Å². The number of piperazine rings is 1. The SMILES string of the molecule is COc1c(N2CCN(C(=O)C3CN(C(=O)O[C@H]4[C@H](C)[C@H](O)[C@H](C)[C@@H](O)[C@@H](C)C=CC=C(C)C(=O)NC5=C(N6CCOCC6)C(=O)c6c(c(O)c(C)c7c6C(=O)[C@@](C)(OC=C[C@H](OC)[C@H]4C)O7)C5=O)C3)C(C)C2)c(F)cc2c(=O)c(C(=O)O)cn(C3CC3)c12. The number of hydrogen-bond acceptors (Lipinski definition) is 19. The molecule has 3 aromatic rings. The second kappa shape index (κ2) is 24.4. The van der Waals surface area contributed by atoms with Crippen molar-refractivity contribution in [3.8, 4) is 17.2 Å². The van der Waals surface area contributed by atoms with E-state index in [0.29, 0.717) is 0 Å². The summed E-state index contributed by atoms with van der Waals surface area (Å²) in [6, 6.07) is 0.487. The first kappa shape index (κ1) is 62.9. The summed E-state index contributed by atoms with van der Waals surface area (Å²) in [6.07, 6.45) is 4.46. The fourth-order valence-electron chi connectivity index (χ4n) is 13.0. The van der Waals surface area contributed by atoms with Crippen LogP contribution in [0.2, 0.25) is 0 Å². The molecule has 5 bridgehead atoms. The number of morpholine rings is 1. The van der Waals surface area contributed by atoms with E-state index in [0.717, 1.165) is 25.2 Å². The Kier molecular flexibility index (Phi) is 17.5. The van der Waals surface area contributed by atoms with Gasteiger partial charge in [0.05, 0.1) is 78.4 Å². The standard InChI is InChI=1S/C63H75FN6O18/c1-29-12-11-13-30(2)59(78)65-45-48(66-19-22-85-23-20-66)54(76)42-43(53(45)75)51(73)35(7)56-44(42)58(77)63(8,88-56)86-21-16-41(83-9)32(4)55(34(6)50(72)33(5)49(29)71)87-62(82)68-26-36(27-68)60(79)69-18-17-67(25-31(69)3)47-40(64)24-38-46(57(47)84-10)70(37-14-15-37)28-39(52(38)74)61(80)81/h11-13,16,21,24,28-29,31-34,36-37,41,49-50,55,71-73H,14-15,17-20,22-23,25-27H2,1-10H3,(H,65,78)(H,80,81)/t29-,31?,32+,33+,34+,41-,49-,50+,55+,63-/m0/s1. The van der Waals surface area contributed by atoms with Gasteiger partial charge < -0.3 is 78.3 Å². The summed E-state index contributed by atoms with van der Waals surface area (Å²) in [5, 5.41) is 47.8. The molecule has 1 aromatic heterocycles. The Morgan fingerprint density at radius 2 is 1.53 bits per heavy atom. The van der Waals surface area contributed by atoms with E-state index in [1.54, 1.807) is 53.0 Å². The Balaban J connectivity index is 0.887. The largest absolute Gasteiger partial charge is 0.507 e. The first-order valence-corrected chi connectivity index (χ1v) is 29.6. The molecule has 10 atom stereocenters. The van der Waals surface area contributed by atoms with E-state index >= 15 is 4.39 Å².